The molecule has 0 saturated carbocycles. The molecule has 2 N–H and O–H groups in total. The van der Waals surface area contributed by atoms with Gasteiger partial charge in [0.15, 0.2) is 5.58 Å². The third kappa shape index (κ3) is 3.58. The number of hydrogen-bond donors (Lipinski definition) is 2. The molecule has 1 aromatic carbocycles. The molecule has 9 heteroatoms. The maximum absolute atomic E-state index is 11.9. The summed E-state index contributed by atoms with van der Waals surface area (Å²) in [4.78, 5) is 35.6. The van der Waals surface area contributed by atoms with Crippen molar-refractivity contribution >= 4 is 34.5 Å². The number of rotatable bonds is 4. The minimum absolute atomic E-state index is 0.0260. The molecule has 0 bridgehead atoms. The first-order valence-electron chi connectivity index (χ1n) is 7.38. The maximum atomic E-state index is 11.9. The van der Waals surface area contributed by atoms with Crippen LogP contribution in [0.2, 0.25) is 5.02 Å². The lowest BCUT2D eigenvalue weighted by Crippen LogP contribution is -2.42. The number of furan rings is 1. The van der Waals surface area contributed by atoms with Crippen LogP contribution in [0.15, 0.2) is 44.2 Å². The van der Waals surface area contributed by atoms with Crippen molar-refractivity contribution in [2.24, 2.45) is 0 Å². The Balaban J connectivity index is 1.60. The Labute approximate surface area is 146 Å². The first-order valence-corrected chi connectivity index (χ1v) is 7.75. The van der Waals surface area contributed by atoms with E-state index in [9.17, 15) is 14.4 Å². The molecule has 25 heavy (non-hydrogen) atoms. The summed E-state index contributed by atoms with van der Waals surface area (Å²) in [6, 6.07) is 6.30. The molecule has 0 fully saturated rings. The summed E-state index contributed by atoms with van der Waals surface area (Å²) < 4.78 is 11.4. The van der Waals surface area contributed by atoms with E-state index in [1.165, 1.54) is 23.0 Å². The van der Waals surface area contributed by atoms with Gasteiger partial charge in [0.05, 0.1) is 17.3 Å². The third-order valence-electron chi connectivity index (χ3n) is 3.61. The Bertz CT molecular complexity index is 1000. The summed E-state index contributed by atoms with van der Waals surface area (Å²) in [7, 11) is 0. The predicted octanol–water partition coefficient (Wildman–Crippen LogP) is 2.00. The maximum Gasteiger partial charge on any atom is 0.419 e. The first-order chi connectivity index (χ1) is 12.0. The van der Waals surface area contributed by atoms with Gasteiger partial charge in [0.25, 0.3) is 5.91 Å². The number of carbonyl (C=O) groups is 2. The number of hydrogen-bond acceptors (Lipinski definition) is 5. The van der Waals surface area contributed by atoms with Crippen molar-refractivity contribution in [1.29, 1.82) is 0 Å². The van der Waals surface area contributed by atoms with E-state index in [0.29, 0.717) is 27.4 Å². The number of nitrogens with zero attached hydrogens (tertiary/aromatic N) is 1. The number of carbonyl (C=O) groups excluding carboxylic acids is 2. The molecule has 0 aliphatic heterocycles. The molecule has 2 heterocycles. The lowest BCUT2D eigenvalue weighted by Gasteiger charge is -2.07. The number of oxazole rings is 1. The lowest BCUT2D eigenvalue weighted by molar-refractivity contribution is -0.122. The fourth-order valence-corrected chi connectivity index (χ4v) is 2.50. The van der Waals surface area contributed by atoms with Crippen molar-refractivity contribution in [2.75, 3.05) is 0 Å². The van der Waals surface area contributed by atoms with Crippen LogP contribution in [0, 0.1) is 6.92 Å². The molecule has 8 nitrogen and oxygen atoms in total. The molecule has 2 aromatic heterocycles. The summed E-state index contributed by atoms with van der Waals surface area (Å²) in [5.41, 5.74) is 5.80. The molecule has 130 valence electrons. The van der Waals surface area contributed by atoms with Crippen LogP contribution in [0.5, 0.6) is 0 Å². The standard InChI is InChI=1S/C16H14ClN3O5/c1-9-11(5-7-24-9)15(22)19-18-14(21)4-6-20-12-3-2-10(17)8-13(12)25-16(20)23/h2-3,5,7-8H,4,6H2,1H3,(H,18,21)(H,19,22). The number of halogens is 1. The molecule has 0 radical (unpaired) electrons. The Morgan fingerprint density at radius 3 is 2.76 bits per heavy atom. The molecular formula is C16H14ClN3O5. The fraction of sp³-hybridized carbons (Fsp3) is 0.188. The van der Waals surface area contributed by atoms with Gasteiger partial charge in [0, 0.05) is 24.1 Å². The van der Waals surface area contributed by atoms with Crippen LogP contribution >= 0.6 is 11.6 Å². The van der Waals surface area contributed by atoms with E-state index in [2.05, 4.69) is 10.9 Å². The van der Waals surface area contributed by atoms with Gasteiger partial charge in [-0.15, -0.1) is 0 Å². The van der Waals surface area contributed by atoms with Crippen molar-refractivity contribution in [3.05, 3.63) is 57.4 Å². The van der Waals surface area contributed by atoms with Crippen molar-refractivity contribution < 1.29 is 18.4 Å². The minimum Gasteiger partial charge on any atom is -0.469 e. The first kappa shape index (κ1) is 16.8. The molecule has 3 aromatic rings. The Kier molecular flexibility index (Phi) is 4.62. The number of aromatic nitrogens is 1. The van der Waals surface area contributed by atoms with E-state index in [4.69, 9.17) is 20.4 Å². The van der Waals surface area contributed by atoms with Crippen LogP contribution < -0.4 is 16.6 Å². The zero-order valence-corrected chi connectivity index (χ0v) is 13.9. The normalized spacial score (nSPS) is 10.8. The van der Waals surface area contributed by atoms with Gasteiger partial charge in [0.1, 0.15) is 5.76 Å². The summed E-state index contributed by atoms with van der Waals surface area (Å²) in [5.74, 6) is -1.07. The van der Waals surface area contributed by atoms with Gasteiger partial charge in [-0.3, -0.25) is 25.0 Å². The summed E-state index contributed by atoms with van der Waals surface area (Å²) in [6.45, 7) is 1.74. The lowest BCUT2D eigenvalue weighted by atomic mass is 10.2. The van der Waals surface area contributed by atoms with Gasteiger partial charge in [0.2, 0.25) is 5.91 Å². The molecule has 3 rings (SSSR count). The van der Waals surface area contributed by atoms with Gasteiger partial charge in [-0.25, -0.2) is 4.79 Å². The fourth-order valence-electron chi connectivity index (χ4n) is 2.34. The summed E-state index contributed by atoms with van der Waals surface area (Å²) in [6.07, 6.45) is 1.36. The topological polar surface area (TPSA) is 106 Å². The van der Waals surface area contributed by atoms with Crippen molar-refractivity contribution in [3.63, 3.8) is 0 Å². The monoisotopic (exact) mass is 363 g/mol. The van der Waals surface area contributed by atoms with Gasteiger partial charge in [-0.1, -0.05) is 11.6 Å². The zero-order valence-electron chi connectivity index (χ0n) is 13.2. The second-order valence-corrected chi connectivity index (χ2v) is 5.71. The average molecular weight is 364 g/mol. The number of fused-ring (bicyclic) bond motifs is 1. The number of amides is 2. The largest absolute Gasteiger partial charge is 0.469 e. The van der Waals surface area contributed by atoms with E-state index in [1.807, 2.05) is 0 Å². The molecule has 0 saturated heterocycles. The predicted molar refractivity (Wildman–Crippen MR) is 89.2 cm³/mol. The molecule has 0 aliphatic rings. The van der Waals surface area contributed by atoms with Crippen LogP contribution in [-0.2, 0) is 11.3 Å². The Morgan fingerprint density at radius 1 is 1.24 bits per heavy atom. The van der Waals surface area contributed by atoms with E-state index in [1.54, 1.807) is 19.1 Å². The van der Waals surface area contributed by atoms with Crippen molar-refractivity contribution in [1.82, 2.24) is 15.4 Å². The van der Waals surface area contributed by atoms with E-state index >= 15 is 0 Å². The summed E-state index contributed by atoms with van der Waals surface area (Å²) >= 11 is 5.85. The summed E-state index contributed by atoms with van der Waals surface area (Å²) in [5, 5.41) is 0.448. The average Bonchev–Trinajstić information content (AvgIpc) is 3.13. The molecule has 2 amide bonds. The van der Waals surface area contributed by atoms with Crippen LogP contribution in [0.25, 0.3) is 11.1 Å². The number of aryl methyl sites for hydroxylation is 2. The Morgan fingerprint density at radius 2 is 2.04 bits per heavy atom. The highest BCUT2D eigenvalue weighted by atomic mass is 35.5. The van der Waals surface area contributed by atoms with Gasteiger partial charge < -0.3 is 8.83 Å². The highest BCUT2D eigenvalue weighted by Crippen LogP contribution is 2.18. The second-order valence-electron chi connectivity index (χ2n) is 5.27. The van der Waals surface area contributed by atoms with Gasteiger partial charge in [-0.05, 0) is 25.1 Å². The number of nitrogens with one attached hydrogen (secondary N) is 2. The highest BCUT2D eigenvalue weighted by Gasteiger charge is 2.14. The smallest absolute Gasteiger partial charge is 0.419 e. The molecule has 0 spiro atoms. The van der Waals surface area contributed by atoms with Gasteiger partial charge in [-0.2, -0.15) is 0 Å². The van der Waals surface area contributed by atoms with Crippen LogP contribution in [-0.4, -0.2) is 16.4 Å². The molecular weight excluding hydrogens is 350 g/mol. The van der Waals surface area contributed by atoms with Crippen molar-refractivity contribution in [3.8, 4) is 0 Å². The second kappa shape index (κ2) is 6.86. The van der Waals surface area contributed by atoms with Crippen LogP contribution in [0.3, 0.4) is 0 Å². The van der Waals surface area contributed by atoms with E-state index in [0.717, 1.165) is 0 Å². The molecule has 0 unspecified atom stereocenters. The zero-order chi connectivity index (χ0) is 18.0. The third-order valence-corrected chi connectivity index (χ3v) is 3.85. The van der Waals surface area contributed by atoms with Crippen LogP contribution in [0.1, 0.15) is 22.5 Å². The van der Waals surface area contributed by atoms with Gasteiger partial charge >= 0.3 is 5.76 Å². The molecule has 0 aliphatic carbocycles. The van der Waals surface area contributed by atoms with Crippen molar-refractivity contribution in [2.45, 2.75) is 19.9 Å². The molecule has 0 atom stereocenters. The Hall–Kier alpha value is -3.00. The minimum atomic E-state index is -0.580. The van der Waals surface area contributed by atoms with Crippen LogP contribution in [0.4, 0.5) is 0 Å². The highest BCUT2D eigenvalue weighted by molar-refractivity contribution is 6.31. The van der Waals surface area contributed by atoms with E-state index < -0.39 is 17.6 Å². The SMILES string of the molecule is Cc1occc1C(=O)NNC(=O)CCn1c(=O)oc2cc(Cl)ccc21. The van der Waals surface area contributed by atoms with E-state index in [-0.39, 0.29) is 13.0 Å². The number of benzene rings is 1. The quantitative estimate of drug-likeness (QED) is 0.689. The number of hydrazine groups is 1.